The Morgan fingerprint density at radius 3 is 2.44 bits per heavy atom. The molecule has 0 aromatic heterocycles. The standard InChI is InChI=1S/C13H10ClNO/c14-13-6-4-11(5-7-13)12-3-1-2-10(8-12)9-15-16/h1-9,16H. The molecule has 2 rings (SSSR count). The van der Waals surface area contributed by atoms with Crippen molar-refractivity contribution in [1.29, 1.82) is 0 Å². The molecule has 1 N–H and O–H groups in total. The Kier molecular flexibility index (Phi) is 3.22. The van der Waals surface area contributed by atoms with E-state index in [9.17, 15) is 0 Å². The van der Waals surface area contributed by atoms with E-state index in [0.29, 0.717) is 0 Å². The molecular formula is C13H10ClNO. The number of benzene rings is 2. The van der Waals surface area contributed by atoms with Crippen LogP contribution in [0.3, 0.4) is 0 Å². The minimum Gasteiger partial charge on any atom is -0.411 e. The zero-order chi connectivity index (χ0) is 11.4. The van der Waals surface area contributed by atoms with Gasteiger partial charge in [0, 0.05) is 5.02 Å². The van der Waals surface area contributed by atoms with E-state index in [4.69, 9.17) is 16.8 Å². The number of hydrogen-bond acceptors (Lipinski definition) is 2. The zero-order valence-electron chi connectivity index (χ0n) is 8.47. The number of oxime groups is 1. The Morgan fingerprint density at radius 2 is 1.75 bits per heavy atom. The van der Waals surface area contributed by atoms with Crippen molar-refractivity contribution >= 4 is 17.8 Å². The maximum absolute atomic E-state index is 8.47. The molecule has 2 aromatic rings. The molecule has 0 radical (unpaired) electrons. The third-order valence-electron chi connectivity index (χ3n) is 2.27. The second kappa shape index (κ2) is 4.81. The van der Waals surface area contributed by atoms with Crippen LogP contribution in [0.15, 0.2) is 53.7 Å². The van der Waals surface area contributed by atoms with Gasteiger partial charge >= 0.3 is 0 Å². The van der Waals surface area contributed by atoms with E-state index in [1.165, 1.54) is 6.21 Å². The topological polar surface area (TPSA) is 32.6 Å². The number of nitrogens with zero attached hydrogens (tertiary/aromatic N) is 1. The van der Waals surface area contributed by atoms with Gasteiger partial charge in [0.05, 0.1) is 6.21 Å². The first-order valence-electron chi connectivity index (χ1n) is 4.83. The fourth-order valence-corrected chi connectivity index (χ4v) is 1.63. The van der Waals surface area contributed by atoms with Crippen LogP contribution in [0.1, 0.15) is 5.56 Å². The molecule has 0 amide bonds. The Balaban J connectivity index is 2.40. The van der Waals surface area contributed by atoms with Crippen LogP contribution in [0.25, 0.3) is 11.1 Å². The van der Waals surface area contributed by atoms with Crippen molar-refractivity contribution in [3.8, 4) is 11.1 Å². The summed E-state index contributed by atoms with van der Waals surface area (Å²) in [7, 11) is 0. The van der Waals surface area contributed by atoms with E-state index in [1.807, 2.05) is 48.5 Å². The van der Waals surface area contributed by atoms with Gasteiger partial charge in [-0.3, -0.25) is 0 Å². The summed E-state index contributed by atoms with van der Waals surface area (Å²) >= 11 is 5.83. The fraction of sp³-hybridized carbons (Fsp3) is 0. The van der Waals surface area contributed by atoms with E-state index < -0.39 is 0 Å². The van der Waals surface area contributed by atoms with Gasteiger partial charge in [-0.25, -0.2) is 0 Å². The summed E-state index contributed by atoms with van der Waals surface area (Å²) < 4.78 is 0. The first kappa shape index (κ1) is 10.7. The van der Waals surface area contributed by atoms with Crippen molar-refractivity contribution in [3.05, 3.63) is 59.1 Å². The normalized spacial score (nSPS) is 10.8. The van der Waals surface area contributed by atoms with Crippen molar-refractivity contribution in [2.45, 2.75) is 0 Å². The van der Waals surface area contributed by atoms with Gasteiger partial charge in [-0.15, -0.1) is 0 Å². The Labute approximate surface area is 98.8 Å². The van der Waals surface area contributed by atoms with Gasteiger partial charge in [-0.05, 0) is 34.9 Å². The SMILES string of the molecule is ON=Cc1cccc(-c2ccc(Cl)cc2)c1. The smallest absolute Gasteiger partial charge is 0.0734 e. The van der Waals surface area contributed by atoms with Gasteiger partial charge in [-0.2, -0.15) is 0 Å². The summed E-state index contributed by atoms with van der Waals surface area (Å²) in [6.45, 7) is 0. The highest BCUT2D eigenvalue weighted by Crippen LogP contribution is 2.21. The molecule has 0 saturated carbocycles. The highest BCUT2D eigenvalue weighted by Gasteiger charge is 1.98. The van der Waals surface area contributed by atoms with Crippen molar-refractivity contribution in [2.75, 3.05) is 0 Å². The fourth-order valence-electron chi connectivity index (χ4n) is 1.51. The Bertz CT molecular complexity index is 506. The first-order valence-corrected chi connectivity index (χ1v) is 5.21. The highest BCUT2D eigenvalue weighted by molar-refractivity contribution is 6.30. The zero-order valence-corrected chi connectivity index (χ0v) is 9.22. The summed E-state index contributed by atoms with van der Waals surface area (Å²) in [5.41, 5.74) is 3.00. The number of halogens is 1. The van der Waals surface area contributed by atoms with Crippen LogP contribution in [0, 0.1) is 0 Å². The van der Waals surface area contributed by atoms with Crippen molar-refractivity contribution < 1.29 is 5.21 Å². The van der Waals surface area contributed by atoms with E-state index in [2.05, 4.69) is 5.16 Å². The van der Waals surface area contributed by atoms with Gasteiger partial charge in [0.2, 0.25) is 0 Å². The Hall–Kier alpha value is -1.80. The molecule has 2 nitrogen and oxygen atoms in total. The molecule has 0 aliphatic carbocycles. The molecule has 0 unspecified atom stereocenters. The van der Waals surface area contributed by atoms with E-state index >= 15 is 0 Å². The molecule has 2 aromatic carbocycles. The minimum atomic E-state index is 0.719. The monoisotopic (exact) mass is 231 g/mol. The lowest BCUT2D eigenvalue weighted by Crippen LogP contribution is -1.83. The lowest BCUT2D eigenvalue weighted by Gasteiger charge is -2.02. The van der Waals surface area contributed by atoms with Crippen LogP contribution in [0.2, 0.25) is 5.02 Å². The summed E-state index contributed by atoms with van der Waals surface area (Å²) in [6.07, 6.45) is 1.40. The molecule has 0 atom stereocenters. The minimum absolute atomic E-state index is 0.719. The lowest BCUT2D eigenvalue weighted by molar-refractivity contribution is 0.322. The Morgan fingerprint density at radius 1 is 1.00 bits per heavy atom. The summed E-state index contributed by atoms with van der Waals surface area (Å²) in [5, 5.41) is 12.2. The van der Waals surface area contributed by atoms with Crippen LogP contribution in [0.4, 0.5) is 0 Å². The average Bonchev–Trinajstić information content (AvgIpc) is 2.31. The quantitative estimate of drug-likeness (QED) is 0.476. The van der Waals surface area contributed by atoms with Crippen molar-refractivity contribution in [2.24, 2.45) is 5.16 Å². The van der Waals surface area contributed by atoms with Crippen LogP contribution >= 0.6 is 11.6 Å². The summed E-state index contributed by atoms with van der Waals surface area (Å²) in [6, 6.07) is 15.4. The van der Waals surface area contributed by atoms with Crippen LogP contribution in [-0.4, -0.2) is 11.4 Å². The second-order valence-electron chi connectivity index (χ2n) is 3.38. The largest absolute Gasteiger partial charge is 0.411 e. The predicted molar refractivity (Wildman–Crippen MR) is 66.3 cm³/mol. The van der Waals surface area contributed by atoms with E-state index in [1.54, 1.807) is 0 Å². The third kappa shape index (κ3) is 2.41. The van der Waals surface area contributed by atoms with Crippen LogP contribution in [-0.2, 0) is 0 Å². The summed E-state index contributed by atoms with van der Waals surface area (Å²) in [4.78, 5) is 0. The van der Waals surface area contributed by atoms with Gasteiger partial charge in [0.1, 0.15) is 0 Å². The summed E-state index contributed by atoms with van der Waals surface area (Å²) in [5.74, 6) is 0. The maximum atomic E-state index is 8.47. The van der Waals surface area contributed by atoms with Gasteiger partial charge in [0.25, 0.3) is 0 Å². The van der Waals surface area contributed by atoms with E-state index in [0.717, 1.165) is 21.7 Å². The van der Waals surface area contributed by atoms with Gasteiger partial charge in [-0.1, -0.05) is 47.1 Å². The lowest BCUT2D eigenvalue weighted by atomic mass is 10.0. The van der Waals surface area contributed by atoms with Crippen LogP contribution in [0.5, 0.6) is 0 Å². The molecule has 0 bridgehead atoms. The number of hydrogen-bond donors (Lipinski definition) is 1. The molecule has 0 heterocycles. The molecule has 0 spiro atoms. The molecule has 3 heteroatoms. The van der Waals surface area contributed by atoms with Gasteiger partial charge in [0.15, 0.2) is 0 Å². The van der Waals surface area contributed by atoms with Crippen molar-refractivity contribution in [1.82, 2.24) is 0 Å². The average molecular weight is 232 g/mol. The maximum Gasteiger partial charge on any atom is 0.0734 e. The predicted octanol–water partition coefficient (Wildman–Crippen LogP) is 3.82. The number of rotatable bonds is 2. The molecule has 0 saturated heterocycles. The molecule has 16 heavy (non-hydrogen) atoms. The molecule has 0 aliphatic heterocycles. The van der Waals surface area contributed by atoms with Crippen molar-refractivity contribution in [3.63, 3.8) is 0 Å². The third-order valence-corrected chi connectivity index (χ3v) is 2.52. The highest BCUT2D eigenvalue weighted by atomic mass is 35.5. The van der Waals surface area contributed by atoms with Crippen LogP contribution < -0.4 is 0 Å². The first-order chi connectivity index (χ1) is 7.79. The second-order valence-corrected chi connectivity index (χ2v) is 3.81. The van der Waals surface area contributed by atoms with E-state index in [-0.39, 0.29) is 0 Å². The molecule has 80 valence electrons. The van der Waals surface area contributed by atoms with Gasteiger partial charge < -0.3 is 5.21 Å². The molecule has 0 fully saturated rings. The molecule has 0 aliphatic rings. The molecular weight excluding hydrogens is 222 g/mol.